The van der Waals surface area contributed by atoms with E-state index in [1.165, 1.54) is 24.3 Å². The van der Waals surface area contributed by atoms with Crippen molar-refractivity contribution < 1.29 is 39.6 Å². The fraction of sp³-hybridized carbons (Fsp3) is 0. The van der Waals surface area contributed by atoms with Crippen LogP contribution in [-0.4, -0.2) is 44.3 Å². The first-order chi connectivity index (χ1) is 18.1. The first kappa shape index (κ1) is 24.2. The minimum atomic E-state index is -1.22. The molecule has 0 saturated heterocycles. The Labute approximate surface area is 214 Å². The second kappa shape index (κ2) is 9.18. The van der Waals surface area contributed by atoms with Gasteiger partial charge in [-0.3, -0.25) is 0 Å². The molecular weight excluding hydrogens is 488 g/mol. The number of aromatic carboxylic acids is 4. The SMILES string of the molecule is O=C(O)c1cc(C(=O)O)cc(-c2ccc3c(ccc4cc(-c5cc(C(=O)O)cc(C(=O)O)c5)ccc43)c2)c1. The van der Waals surface area contributed by atoms with Crippen molar-refractivity contribution in [2.75, 3.05) is 0 Å². The average Bonchev–Trinajstić information content (AvgIpc) is 2.91. The van der Waals surface area contributed by atoms with Crippen molar-refractivity contribution in [2.24, 2.45) is 0 Å². The molecule has 0 unspecified atom stereocenters. The molecule has 0 spiro atoms. The molecule has 4 N–H and O–H groups in total. The van der Waals surface area contributed by atoms with Gasteiger partial charge in [0.15, 0.2) is 0 Å². The number of fused-ring (bicyclic) bond motifs is 3. The normalized spacial score (nSPS) is 10.9. The Hall–Kier alpha value is -5.50. The van der Waals surface area contributed by atoms with Crippen LogP contribution in [0.1, 0.15) is 41.4 Å². The van der Waals surface area contributed by atoms with E-state index in [0.29, 0.717) is 22.3 Å². The molecule has 5 rings (SSSR count). The zero-order valence-corrected chi connectivity index (χ0v) is 19.5. The third-order valence-corrected chi connectivity index (χ3v) is 6.36. The maximum atomic E-state index is 11.5. The summed E-state index contributed by atoms with van der Waals surface area (Å²) < 4.78 is 0. The molecule has 0 amide bonds. The van der Waals surface area contributed by atoms with Gasteiger partial charge in [-0.2, -0.15) is 0 Å². The van der Waals surface area contributed by atoms with Crippen LogP contribution in [0.25, 0.3) is 43.8 Å². The minimum absolute atomic E-state index is 0.121. The van der Waals surface area contributed by atoms with Crippen LogP contribution < -0.4 is 0 Å². The predicted octanol–water partition coefficient (Wildman–Crippen LogP) is 6.12. The Morgan fingerprint density at radius 2 is 0.684 bits per heavy atom. The molecule has 0 fully saturated rings. The predicted molar refractivity (Wildman–Crippen MR) is 140 cm³/mol. The monoisotopic (exact) mass is 506 g/mol. The highest BCUT2D eigenvalue weighted by atomic mass is 16.4. The summed E-state index contributed by atoms with van der Waals surface area (Å²) in [5, 5.41) is 41.1. The van der Waals surface area contributed by atoms with Gasteiger partial charge in [0.1, 0.15) is 0 Å². The van der Waals surface area contributed by atoms with Gasteiger partial charge < -0.3 is 20.4 Å². The topological polar surface area (TPSA) is 149 Å². The van der Waals surface area contributed by atoms with Crippen molar-refractivity contribution in [3.8, 4) is 22.3 Å². The van der Waals surface area contributed by atoms with E-state index in [4.69, 9.17) is 0 Å². The second-order valence-electron chi connectivity index (χ2n) is 8.76. The molecule has 0 atom stereocenters. The van der Waals surface area contributed by atoms with Gasteiger partial charge in [-0.15, -0.1) is 0 Å². The zero-order chi connectivity index (χ0) is 27.1. The van der Waals surface area contributed by atoms with Crippen LogP contribution in [0.2, 0.25) is 0 Å². The van der Waals surface area contributed by atoms with E-state index in [1.807, 2.05) is 36.4 Å². The first-order valence-corrected chi connectivity index (χ1v) is 11.3. The highest BCUT2D eigenvalue weighted by Crippen LogP contribution is 2.33. The van der Waals surface area contributed by atoms with E-state index < -0.39 is 23.9 Å². The Morgan fingerprint density at radius 3 is 0.974 bits per heavy atom. The molecule has 0 aliphatic carbocycles. The molecule has 0 aliphatic heterocycles. The van der Waals surface area contributed by atoms with Crippen LogP contribution in [0.4, 0.5) is 0 Å². The lowest BCUT2D eigenvalue weighted by molar-refractivity contribution is 0.0676. The number of hydrogen-bond acceptors (Lipinski definition) is 4. The van der Waals surface area contributed by atoms with Gasteiger partial charge in [0.25, 0.3) is 0 Å². The molecule has 0 saturated carbocycles. The molecule has 5 aromatic carbocycles. The van der Waals surface area contributed by atoms with Crippen molar-refractivity contribution in [3.63, 3.8) is 0 Å². The smallest absolute Gasteiger partial charge is 0.335 e. The van der Waals surface area contributed by atoms with Gasteiger partial charge in [0.2, 0.25) is 0 Å². The molecule has 8 heteroatoms. The van der Waals surface area contributed by atoms with Crippen molar-refractivity contribution >= 4 is 45.4 Å². The first-order valence-electron chi connectivity index (χ1n) is 11.3. The molecule has 0 aromatic heterocycles. The van der Waals surface area contributed by atoms with E-state index in [-0.39, 0.29) is 22.3 Å². The van der Waals surface area contributed by atoms with Gasteiger partial charge in [0.05, 0.1) is 22.3 Å². The Balaban J connectivity index is 1.61. The molecule has 5 aromatic rings. The lowest BCUT2D eigenvalue weighted by Gasteiger charge is -2.11. The summed E-state index contributed by atoms with van der Waals surface area (Å²) in [4.78, 5) is 46.0. The van der Waals surface area contributed by atoms with E-state index >= 15 is 0 Å². The molecule has 0 heterocycles. The standard InChI is InChI=1S/C30H18O8/c31-27(32)21-9-19(10-22(13-21)28(33)34)15-3-5-25-17(7-15)1-2-18-8-16(4-6-26(18)25)20-11-23(29(35)36)14-24(12-20)30(37)38/h1-14H,(H,31,32)(H,33,34)(H,35,36)(H,37,38). The fourth-order valence-corrected chi connectivity index (χ4v) is 4.51. The number of benzene rings is 5. The Morgan fingerprint density at radius 1 is 0.368 bits per heavy atom. The van der Waals surface area contributed by atoms with E-state index in [0.717, 1.165) is 33.7 Å². The summed E-state index contributed by atoms with van der Waals surface area (Å²) in [6.07, 6.45) is 0. The van der Waals surface area contributed by atoms with Crippen LogP contribution in [0.3, 0.4) is 0 Å². The third-order valence-electron chi connectivity index (χ3n) is 6.36. The van der Waals surface area contributed by atoms with Crippen LogP contribution in [0.15, 0.2) is 84.9 Å². The summed E-state index contributed by atoms with van der Waals surface area (Å²) in [7, 11) is 0. The molecule has 0 radical (unpaired) electrons. The van der Waals surface area contributed by atoms with Gasteiger partial charge in [-0.05, 0) is 92.3 Å². The molecule has 186 valence electrons. The number of rotatable bonds is 6. The van der Waals surface area contributed by atoms with Crippen LogP contribution in [0, 0.1) is 0 Å². The zero-order valence-electron chi connectivity index (χ0n) is 19.5. The van der Waals surface area contributed by atoms with Gasteiger partial charge in [0, 0.05) is 0 Å². The lowest BCUT2D eigenvalue weighted by atomic mass is 9.93. The molecule has 0 bridgehead atoms. The highest BCUT2D eigenvalue weighted by Gasteiger charge is 2.15. The highest BCUT2D eigenvalue weighted by molar-refractivity contribution is 6.10. The van der Waals surface area contributed by atoms with Crippen LogP contribution in [0.5, 0.6) is 0 Å². The molecule has 8 nitrogen and oxygen atoms in total. The average molecular weight is 506 g/mol. The quantitative estimate of drug-likeness (QED) is 0.201. The lowest BCUT2D eigenvalue weighted by Crippen LogP contribution is -2.03. The van der Waals surface area contributed by atoms with Crippen molar-refractivity contribution in [1.29, 1.82) is 0 Å². The largest absolute Gasteiger partial charge is 0.478 e. The van der Waals surface area contributed by atoms with Crippen LogP contribution in [-0.2, 0) is 0 Å². The van der Waals surface area contributed by atoms with Gasteiger partial charge >= 0.3 is 23.9 Å². The molecule has 38 heavy (non-hydrogen) atoms. The summed E-state index contributed by atoms with van der Waals surface area (Å²) >= 11 is 0. The van der Waals surface area contributed by atoms with Crippen molar-refractivity contribution in [3.05, 3.63) is 107 Å². The maximum absolute atomic E-state index is 11.5. The molecule has 0 aliphatic rings. The van der Waals surface area contributed by atoms with Gasteiger partial charge in [-0.1, -0.05) is 36.4 Å². The van der Waals surface area contributed by atoms with Crippen LogP contribution >= 0.6 is 0 Å². The number of carbonyl (C=O) groups is 4. The number of carboxylic acid groups (broad SMARTS) is 4. The maximum Gasteiger partial charge on any atom is 0.335 e. The van der Waals surface area contributed by atoms with E-state index in [9.17, 15) is 39.6 Å². The van der Waals surface area contributed by atoms with Crippen molar-refractivity contribution in [2.45, 2.75) is 0 Å². The van der Waals surface area contributed by atoms with E-state index in [1.54, 1.807) is 12.1 Å². The second-order valence-corrected chi connectivity index (χ2v) is 8.76. The number of hydrogen-bond donors (Lipinski definition) is 4. The number of carboxylic acids is 4. The Bertz CT molecular complexity index is 1640. The summed E-state index contributed by atoms with van der Waals surface area (Å²) in [5.41, 5.74) is 1.76. The summed E-state index contributed by atoms with van der Waals surface area (Å²) in [6, 6.07) is 22.7. The van der Waals surface area contributed by atoms with E-state index in [2.05, 4.69) is 0 Å². The fourth-order valence-electron chi connectivity index (χ4n) is 4.51. The third kappa shape index (κ3) is 4.42. The minimum Gasteiger partial charge on any atom is -0.478 e. The summed E-state index contributed by atoms with van der Waals surface area (Å²) in [5.74, 6) is -4.88. The molecular formula is C30H18O8. The summed E-state index contributed by atoms with van der Waals surface area (Å²) in [6.45, 7) is 0. The van der Waals surface area contributed by atoms with Crippen molar-refractivity contribution in [1.82, 2.24) is 0 Å². The Kier molecular flexibility index (Phi) is 5.85. The van der Waals surface area contributed by atoms with Gasteiger partial charge in [-0.25, -0.2) is 19.2 Å².